The Morgan fingerprint density at radius 1 is 0.962 bits per heavy atom. The minimum Gasteiger partial charge on any atom is -0.486 e. The lowest BCUT2D eigenvalue weighted by Crippen LogP contribution is -2.31. The Morgan fingerprint density at radius 2 is 1.73 bits per heavy atom. The predicted octanol–water partition coefficient (Wildman–Crippen LogP) is 4.22. The molecule has 0 aromatic heterocycles. The monoisotopic (exact) mass is 352 g/mol. The first-order chi connectivity index (χ1) is 12.7. The van der Waals surface area contributed by atoms with E-state index in [0.29, 0.717) is 30.4 Å². The maximum absolute atomic E-state index is 12.4. The van der Waals surface area contributed by atoms with E-state index in [1.54, 1.807) is 6.07 Å². The van der Waals surface area contributed by atoms with Crippen LogP contribution in [0.4, 0.5) is 10.5 Å². The first-order valence-corrected chi connectivity index (χ1v) is 9.28. The Hall–Kier alpha value is -2.69. The predicted molar refractivity (Wildman–Crippen MR) is 101 cm³/mol. The van der Waals surface area contributed by atoms with Crippen molar-refractivity contribution in [3.63, 3.8) is 0 Å². The molecule has 5 nitrogen and oxygen atoms in total. The number of aryl methyl sites for hydroxylation is 2. The molecule has 0 saturated carbocycles. The van der Waals surface area contributed by atoms with Gasteiger partial charge in [0.25, 0.3) is 0 Å². The number of hydrogen-bond donors (Lipinski definition) is 2. The molecule has 0 fully saturated rings. The number of carbonyl (C=O) groups excluding carboxylic acids is 1. The molecule has 2 amide bonds. The molecule has 26 heavy (non-hydrogen) atoms. The number of anilines is 1. The van der Waals surface area contributed by atoms with Crippen LogP contribution in [0.2, 0.25) is 0 Å². The molecule has 0 bridgehead atoms. The third-order valence-corrected chi connectivity index (χ3v) is 5.02. The Labute approximate surface area is 153 Å². The fourth-order valence-electron chi connectivity index (χ4n) is 3.59. The summed E-state index contributed by atoms with van der Waals surface area (Å²) in [5.41, 5.74) is 4.70. The number of fused-ring (bicyclic) bond motifs is 2. The zero-order valence-electron chi connectivity index (χ0n) is 15.0. The lowest BCUT2D eigenvalue weighted by Gasteiger charge is -2.21. The van der Waals surface area contributed by atoms with E-state index in [4.69, 9.17) is 9.47 Å². The minimum absolute atomic E-state index is 0.0561. The highest BCUT2D eigenvalue weighted by atomic mass is 16.6. The molecule has 2 N–H and O–H groups in total. The highest BCUT2D eigenvalue weighted by molar-refractivity contribution is 5.90. The van der Waals surface area contributed by atoms with Crippen LogP contribution in [0.25, 0.3) is 0 Å². The normalized spacial score (nSPS) is 16.3. The van der Waals surface area contributed by atoms with Crippen molar-refractivity contribution >= 4 is 11.7 Å². The molecule has 1 aliphatic heterocycles. The lowest BCUT2D eigenvalue weighted by atomic mass is 9.89. The van der Waals surface area contributed by atoms with Gasteiger partial charge < -0.3 is 20.1 Å². The molecule has 0 saturated heterocycles. The fraction of sp³-hybridized carbons (Fsp3) is 0.381. The van der Waals surface area contributed by atoms with Gasteiger partial charge in [-0.25, -0.2) is 4.79 Å². The molecule has 2 aromatic rings. The van der Waals surface area contributed by atoms with Crippen molar-refractivity contribution in [1.29, 1.82) is 0 Å². The zero-order chi connectivity index (χ0) is 17.9. The van der Waals surface area contributed by atoms with Gasteiger partial charge >= 0.3 is 6.03 Å². The molecule has 5 heteroatoms. The summed E-state index contributed by atoms with van der Waals surface area (Å²) in [6, 6.07) is 11.7. The summed E-state index contributed by atoms with van der Waals surface area (Å²) in [5, 5.41) is 5.88. The third-order valence-electron chi connectivity index (χ3n) is 5.02. The Kier molecular flexibility index (Phi) is 4.69. The number of hydrogen-bond acceptors (Lipinski definition) is 3. The van der Waals surface area contributed by atoms with Gasteiger partial charge in [0.1, 0.15) is 13.2 Å². The minimum atomic E-state index is -0.230. The highest BCUT2D eigenvalue weighted by Crippen LogP contribution is 2.32. The largest absolute Gasteiger partial charge is 0.486 e. The average molecular weight is 352 g/mol. The van der Waals surface area contributed by atoms with Gasteiger partial charge in [-0.2, -0.15) is 0 Å². The van der Waals surface area contributed by atoms with Crippen LogP contribution in [-0.2, 0) is 12.8 Å². The maximum atomic E-state index is 12.4. The number of nitrogens with one attached hydrogen (secondary N) is 2. The lowest BCUT2D eigenvalue weighted by molar-refractivity contribution is 0.171. The Balaban J connectivity index is 1.40. The van der Waals surface area contributed by atoms with Crippen molar-refractivity contribution < 1.29 is 14.3 Å². The van der Waals surface area contributed by atoms with Crippen LogP contribution in [0.5, 0.6) is 11.5 Å². The number of ether oxygens (including phenoxy) is 2. The molecular formula is C21H24N2O3. The van der Waals surface area contributed by atoms with Gasteiger partial charge in [-0.1, -0.05) is 18.2 Å². The second-order valence-corrected chi connectivity index (χ2v) is 6.91. The molecular weight excluding hydrogens is 328 g/mol. The second-order valence-electron chi connectivity index (χ2n) is 6.91. The fourth-order valence-corrected chi connectivity index (χ4v) is 3.59. The Morgan fingerprint density at radius 3 is 2.58 bits per heavy atom. The summed E-state index contributed by atoms with van der Waals surface area (Å²) in [6.45, 7) is 3.09. The van der Waals surface area contributed by atoms with Crippen molar-refractivity contribution in [2.75, 3.05) is 18.5 Å². The molecule has 2 aromatic carbocycles. The van der Waals surface area contributed by atoms with Crippen LogP contribution in [0.15, 0.2) is 36.4 Å². The van der Waals surface area contributed by atoms with Crippen LogP contribution in [-0.4, -0.2) is 19.2 Å². The molecule has 136 valence electrons. The molecule has 0 spiro atoms. The highest BCUT2D eigenvalue weighted by Gasteiger charge is 2.16. The number of amides is 2. The van der Waals surface area contributed by atoms with Gasteiger partial charge in [0.2, 0.25) is 0 Å². The van der Waals surface area contributed by atoms with Crippen molar-refractivity contribution in [3.8, 4) is 11.5 Å². The quantitative estimate of drug-likeness (QED) is 0.869. The van der Waals surface area contributed by atoms with Crippen molar-refractivity contribution in [3.05, 3.63) is 53.1 Å². The van der Waals surface area contributed by atoms with E-state index in [0.717, 1.165) is 12.0 Å². The van der Waals surface area contributed by atoms with E-state index in [1.807, 2.05) is 19.1 Å². The molecule has 1 heterocycles. The zero-order valence-corrected chi connectivity index (χ0v) is 15.0. The van der Waals surface area contributed by atoms with Crippen molar-refractivity contribution in [2.45, 2.75) is 38.6 Å². The van der Waals surface area contributed by atoms with Gasteiger partial charge in [0.05, 0.1) is 6.04 Å². The summed E-state index contributed by atoms with van der Waals surface area (Å²) in [4.78, 5) is 12.4. The summed E-state index contributed by atoms with van der Waals surface area (Å²) in [7, 11) is 0. The van der Waals surface area contributed by atoms with Gasteiger partial charge in [0.15, 0.2) is 11.5 Å². The number of rotatable bonds is 3. The average Bonchev–Trinajstić information content (AvgIpc) is 2.67. The number of benzene rings is 2. The van der Waals surface area contributed by atoms with E-state index in [9.17, 15) is 4.79 Å². The van der Waals surface area contributed by atoms with Gasteiger partial charge in [-0.05, 0) is 61.4 Å². The van der Waals surface area contributed by atoms with Gasteiger partial charge in [-0.15, -0.1) is 0 Å². The standard InChI is InChI=1S/C21H24N2O3/c1-14(16-7-6-15-4-2-3-5-17(15)12-16)22-21(24)23-18-8-9-19-20(13-18)26-11-10-25-19/h6-9,12-14H,2-5,10-11H2,1H3,(H2,22,23,24). The molecule has 1 atom stereocenters. The second kappa shape index (κ2) is 7.28. The topological polar surface area (TPSA) is 59.6 Å². The van der Waals surface area contributed by atoms with E-state index in [1.165, 1.54) is 30.4 Å². The molecule has 1 aliphatic carbocycles. The molecule has 4 rings (SSSR count). The first kappa shape index (κ1) is 16.8. The summed E-state index contributed by atoms with van der Waals surface area (Å²) in [5.74, 6) is 1.38. The third kappa shape index (κ3) is 3.62. The van der Waals surface area contributed by atoms with Crippen molar-refractivity contribution in [1.82, 2.24) is 5.32 Å². The number of carbonyl (C=O) groups is 1. The maximum Gasteiger partial charge on any atom is 0.319 e. The van der Waals surface area contributed by atoms with E-state index in [2.05, 4.69) is 28.8 Å². The molecule has 0 radical (unpaired) electrons. The molecule has 2 aliphatic rings. The van der Waals surface area contributed by atoms with Gasteiger partial charge in [0, 0.05) is 11.8 Å². The SMILES string of the molecule is CC(NC(=O)Nc1ccc2c(c1)OCCO2)c1ccc2c(c1)CCCC2. The van der Waals surface area contributed by atoms with Crippen LogP contribution < -0.4 is 20.1 Å². The number of urea groups is 1. The van der Waals surface area contributed by atoms with Crippen LogP contribution in [0, 0.1) is 0 Å². The van der Waals surface area contributed by atoms with Crippen molar-refractivity contribution in [2.24, 2.45) is 0 Å². The van der Waals surface area contributed by atoms with Crippen LogP contribution in [0.1, 0.15) is 42.5 Å². The van der Waals surface area contributed by atoms with E-state index >= 15 is 0 Å². The van der Waals surface area contributed by atoms with Gasteiger partial charge in [-0.3, -0.25) is 0 Å². The first-order valence-electron chi connectivity index (χ1n) is 9.28. The smallest absolute Gasteiger partial charge is 0.319 e. The van der Waals surface area contributed by atoms with E-state index in [-0.39, 0.29) is 12.1 Å². The molecule has 1 unspecified atom stereocenters. The Bertz CT molecular complexity index is 819. The summed E-state index contributed by atoms with van der Waals surface area (Å²) >= 11 is 0. The summed E-state index contributed by atoms with van der Waals surface area (Å²) in [6.07, 6.45) is 4.84. The summed E-state index contributed by atoms with van der Waals surface area (Å²) < 4.78 is 11.1. The van der Waals surface area contributed by atoms with E-state index < -0.39 is 0 Å². The van der Waals surface area contributed by atoms with Crippen LogP contribution >= 0.6 is 0 Å². The van der Waals surface area contributed by atoms with Crippen LogP contribution in [0.3, 0.4) is 0 Å².